The molecule has 0 saturated carbocycles. The highest BCUT2D eigenvalue weighted by Gasteiger charge is 2.14. The summed E-state index contributed by atoms with van der Waals surface area (Å²) in [4.78, 5) is 12.8. The Kier molecular flexibility index (Phi) is 5.97. The monoisotopic (exact) mass is 228 g/mol. The summed E-state index contributed by atoms with van der Waals surface area (Å²) in [6.45, 7) is 2.55. The number of carbonyl (C=O) groups excluding carboxylic acids is 1. The van der Waals surface area contributed by atoms with E-state index >= 15 is 0 Å². The Balaban J connectivity index is 0.00000196. The van der Waals surface area contributed by atoms with Crippen molar-refractivity contribution in [3.05, 3.63) is 35.9 Å². The minimum absolute atomic E-state index is 0. The van der Waals surface area contributed by atoms with Gasteiger partial charge in [0.25, 0.3) is 0 Å². The van der Waals surface area contributed by atoms with Crippen LogP contribution in [0, 0.1) is 0 Å². The molecule has 0 aromatic heterocycles. The van der Waals surface area contributed by atoms with Gasteiger partial charge in [0.1, 0.15) is 0 Å². The smallest absolute Gasteiger partial charge is 0.234 e. The van der Waals surface area contributed by atoms with Crippen molar-refractivity contribution in [2.75, 3.05) is 7.05 Å². The van der Waals surface area contributed by atoms with Crippen molar-refractivity contribution >= 4 is 18.3 Å². The summed E-state index contributed by atoms with van der Waals surface area (Å²) < 4.78 is 0. The van der Waals surface area contributed by atoms with Crippen molar-refractivity contribution < 1.29 is 4.79 Å². The van der Waals surface area contributed by atoms with Crippen LogP contribution in [0.15, 0.2) is 30.3 Å². The number of hydrogen-bond donors (Lipinski definition) is 1. The van der Waals surface area contributed by atoms with Crippen molar-refractivity contribution in [1.29, 1.82) is 0 Å². The summed E-state index contributed by atoms with van der Waals surface area (Å²) in [6, 6.07) is 9.78. The maximum atomic E-state index is 10.9. The molecule has 0 aliphatic carbocycles. The minimum Gasteiger partial charge on any atom is -0.368 e. The Morgan fingerprint density at radius 3 is 2.40 bits per heavy atom. The molecule has 1 atom stereocenters. The molecule has 0 aliphatic rings. The predicted molar refractivity (Wildman–Crippen MR) is 63.8 cm³/mol. The highest BCUT2D eigenvalue weighted by molar-refractivity contribution is 5.85. The fourth-order valence-corrected chi connectivity index (χ4v) is 1.23. The summed E-state index contributed by atoms with van der Waals surface area (Å²) >= 11 is 0. The lowest BCUT2D eigenvalue weighted by atomic mass is 10.2. The van der Waals surface area contributed by atoms with Gasteiger partial charge in [-0.25, -0.2) is 0 Å². The Hall–Kier alpha value is -1.06. The van der Waals surface area contributed by atoms with Crippen LogP contribution in [0.1, 0.15) is 12.5 Å². The normalized spacial score (nSPS) is 11.9. The van der Waals surface area contributed by atoms with Crippen LogP contribution in [0.3, 0.4) is 0 Å². The van der Waals surface area contributed by atoms with Gasteiger partial charge >= 0.3 is 0 Å². The number of nitrogens with zero attached hydrogens (tertiary/aromatic N) is 1. The lowest BCUT2D eigenvalue weighted by Crippen LogP contribution is -2.39. The number of rotatable bonds is 4. The first-order valence-electron chi connectivity index (χ1n) is 4.64. The van der Waals surface area contributed by atoms with Crippen molar-refractivity contribution in [3.63, 3.8) is 0 Å². The molecule has 0 aliphatic heterocycles. The maximum absolute atomic E-state index is 10.9. The number of benzene rings is 1. The number of primary amides is 1. The van der Waals surface area contributed by atoms with Gasteiger partial charge in [-0.3, -0.25) is 9.69 Å². The molecular formula is C11H17ClN2O. The Morgan fingerprint density at radius 1 is 1.40 bits per heavy atom. The van der Waals surface area contributed by atoms with Crippen LogP contribution in [0.5, 0.6) is 0 Å². The number of nitrogens with two attached hydrogens (primary N) is 1. The maximum Gasteiger partial charge on any atom is 0.234 e. The number of hydrogen-bond acceptors (Lipinski definition) is 2. The summed E-state index contributed by atoms with van der Waals surface area (Å²) in [5, 5.41) is 0. The quantitative estimate of drug-likeness (QED) is 0.847. The van der Waals surface area contributed by atoms with Gasteiger partial charge in [0.05, 0.1) is 6.04 Å². The molecule has 0 saturated heterocycles. The minimum atomic E-state index is -0.288. The summed E-state index contributed by atoms with van der Waals surface area (Å²) in [5.74, 6) is -0.288. The fourth-order valence-electron chi connectivity index (χ4n) is 1.23. The van der Waals surface area contributed by atoms with Crippen molar-refractivity contribution in [3.8, 4) is 0 Å². The van der Waals surface area contributed by atoms with E-state index in [0.717, 1.165) is 6.54 Å². The molecule has 15 heavy (non-hydrogen) atoms. The first-order chi connectivity index (χ1) is 6.61. The standard InChI is InChI=1S/C11H16N2O.ClH/c1-9(11(12)14)13(2)8-10-6-4-3-5-7-10;/h3-7,9H,8H2,1-2H3,(H2,12,14);1H/t9-;/m1./s1. The first kappa shape index (κ1) is 13.9. The zero-order chi connectivity index (χ0) is 10.6. The van der Waals surface area contributed by atoms with E-state index in [-0.39, 0.29) is 24.4 Å². The van der Waals surface area contributed by atoms with Gasteiger partial charge in [0.2, 0.25) is 5.91 Å². The average molecular weight is 229 g/mol. The van der Waals surface area contributed by atoms with Crippen molar-refractivity contribution in [1.82, 2.24) is 4.90 Å². The van der Waals surface area contributed by atoms with Gasteiger partial charge in [-0.05, 0) is 19.5 Å². The number of halogens is 1. The molecule has 3 nitrogen and oxygen atoms in total. The molecule has 0 radical (unpaired) electrons. The first-order valence-corrected chi connectivity index (χ1v) is 4.64. The molecule has 84 valence electrons. The predicted octanol–water partition coefficient (Wildman–Crippen LogP) is 1.41. The molecule has 1 amide bonds. The van der Waals surface area contributed by atoms with E-state index < -0.39 is 0 Å². The van der Waals surface area contributed by atoms with Gasteiger partial charge in [0.15, 0.2) is 0 Å². The topological polar surface area (TPSA) is 46.3 Å². The Bertz CT molecular complexity index is 303. The van der Waals surface area contributed by atoms with Gasteiger partial charge in [0, 0.05) is 6.54 Å². The van der Waals surface area contributed by atoms with Gasteiger partial charge in [-0.15, -0.1) is 12.4 Å². The van der Waals surface area contributed by atoms with Gasteiger partial charge in [-0.2, -0.15) is 0 Å². The fraction of sp³-hybridized carbons (Fsp3) is 0.364. The van der Waals surface area contributed by atoms with Crippen LogP contribution in [0.2, 0.25) is 0 Å². The summed E-state index contributed by atoms with van der Waals surface area (Å²) in [6.07, 6.45) is 0. The van der Waals surface area contributed by atoms with Crippen LogP contribution in [-0.4, -0.2) is 23.9 Å². The highest BCUT2D eigenvalue weighted by Crippen LogP contribution is 2.05. The number of likely N-dealkylation sites (N-methyl/N-ethyl adjacent to an activating group) is 1. The van der Waals surface area contributed by atoms with Crippen LogP contribution in [0.25, 0.3) is 0 Å². The van der Waals surface area contributed by atoms with E-state index in [2.05, 4.69) is 0 Å². The molecule has 2 N–H and O–H groups in total. The number of amides is 1. The largest absolute Gasteiger partial charge is 0.368 e. The summed E-state index contributed by atoms with van der Waals surface area (Å²) in [7, 11) is 1.89. The second kappa shape index (κ2) is 6.43. The van der Waals surface area contributed by atoms with Crippen LogP contribution >= 0.6 is 12.4 Å². The molecule has 0 unspecified atom stereocenters. The zero-order valence-electron chi connectivity index (χ0n) is 9.01. The third-order valence-electron chi connectivity index (χ3n) is 2.35. The lowest BCUT2D eigenvalue weighted by Gasteiger charge is -2.21. The third kappa shape index (κ3) is 4.32. The average Bonchev–Trinajstić information content (AvgIpc) is 2.18. The van der Waals surface area contributed by atoms with E-state index in [9.17, 15) is 4.79 Å². The van der Waals surface area contributed by atoms with Crippen LogP contribution in [-0.2, 0) is 11.3 Å². The van der Waals surface area contributed by atoms with Crippen LogP contribution in [0.4, 0.5) is 0 Å². The summed E-state index contributed by atoms with van der Waals surface area (Å²) in [5.41, 5.74) is 6.39. The molecule has 0 fully saturated rings. The Morgan fingerprint density at radius 2 is 1.93 bits per heavy atom. The molecule has 0 spiro atoms. The van der Waals surface area contributed by atoms with Gasteiger partial charge in [-0.1, -0.05) is 30.3 Å². The Labute approximate surface area is 96.7 Å². The van der Waals surface area contributed by atoms with E-state index in [4.69, 9.17) is 5.73 Å². The zero-order valence-corrected chi connectivity index (χ0v) is 9.83. The molecular weight excluding hydrogens is 212 g/mol. The van der Waals surface area contributed by atoms with Gasteiger partial charge < -0.3 is 5.73 Å². The SMILES string of the molecule is C[C@H](C(N)=O)N(C)Cc1ccccc1.Cl. The van der Waals surface area contributed by atoms with E-state index in [0.29, 0.717) is 0 Å². The van der Waals surface area contributed by atoms with Crippen molar-refractivity contribution in [2.45, 2.75) is 19.5 Å². The molecule has 0 heterocycles. The molecule has 1 aromatic rings. The third-order valence-corrected chi connectivity index (χ3v) is 2.35. The highest BCUT2D eigenvalue weighted by atomic mass is 35.5. The van der Waals surface area contributed by atoms with E-state index in [1.807, 2.05) is 49.2 Å². The van der Waals surface area contributed by atoms with Crippen LogP contribution < -0.4 is 5.73 Å². The van der Waals surface area contributed by atoms with E-state index in [1.165, 1.54) is 5.56 Å². The molecule has 4 heteroatoms. The molecule has 1 aromatic carbocycles. The van der Waals surface area contributed by atoms with E-state index in [1.54, 1.807) is 0 Å². The van der Waals surface area contributed by atoms with Crippen molar-refractivity contribution in [2.24, 2.45) is 5.73 Å². The molecule has 0 bridgehead atoms. The lowest BCUT2D eigenvalue weighted by molar-refractivity contribution is -0.122. The number of carbonyl (C=O) groups is 1. The molecule has 1 rings (SSSR count). The second-order valence-electron chi connectivity index (χ2n) is 3.48. The second-order valence-corrected chi connectivity index (χ2v) is 3.48.